The van der Waals surface area contributed by atoms with Gasteiger partial charge in [-0.2, -0.15) is 0 Å². The number of ether oxygens (including phenoxy) is 2. The highest BCUT2D eigenvalue weighted by Crippen LogP contribution is 2.40. The summed E-state index contributed by atoms with van der Waals surface area (Å²) in [7, 11) is 5.71. The Bertz CT molecular complexity index is 831. The lowest BCUT2D eigenvalue weighted by atomic mass is 9.70. The first-order valence-electron chi connectivity index (χ1n) is 11.4. The second kappa shape index (κ2) is 9.87. The van der Waals surface area contributed by atoms with E-state index in [4.69, 9.17) is 9.47 Å². The molecule has 164 valence electrons. The highest BCUT2D eigenvalue weighted by molar-refractivity contribution is 5.45. The zero-order valence-electron chi connectivity index (χ0n) is 19.7. The van der Waals surface area contributed by atoms with Crippen LogP contribution in [-0.2, 0) is 18.3 Å². The monoisotopic (exact) mass is 409 g/mol. The van der Waals surface area contributed by atoms with Crippen LogP contribution in [0.3, 0.4) is 0 Å². The first-order chi connectivity index (χ1) is 14.4. The van der Waals surface area contributed by atoms with Gasteiger partial charge in [0.1, 0.15) is 0 Å². The van der Waals surface area contributed by atoms with Crippen LogP contribution in [0.4, 0.5) is 0 Å². The van der Waals surface area contributed by atoms with Crippen LogP contribution in [0.15, 0.2) is 42.5 Å². The van der Waals surface area contributed by atoms with E-state index in [9.17, 15) is 0 Å². The molecule has 2 aromatic rings. The predicted octanol–water partition coefficient (Wildman–Crippen LogP) is 5.89. The van der Waals surface area contributed by atoms with E-state index in [2.05, 4.69) is 69.1 Å². The molecule has 0 spiro atoms. The first-order valence-corrected chi connectivity index (χ1v) is 11.4. The van der Waals surface area contributed by atoms with Crippen molar-refractivity contribution in [3.05, 3.63) is 59.2 Å². The van der Waals surface area contributed by atoms with Crippen LogP contribution < -0.4 is 9.47 Å². The third-order valence-electron chi connectivity index (χ3n) is 7.47. The zero-order chi connectivity index (χ0) is 21.7. The summed E-state index contributed by atoms with van der Waals surface area (Å²) >= 11 is 0. The van der Waals surface area contributed by atoms with Gasteiger partial charge in [0.25, 0.3) is 0 Å². The van der Waals surface area contributed by atoms with Gasteiger partial charge in [-0.15, -0.1) is 0 Å². The van der Waals surface area contributed by atoms with Crippen molar-refractivity contribution >= 4 is 0 Å². The second-order valence-electron chi connectivity index (χ2n) is 9.39. The summed E-state index contributed by atoms with van der Waals surface area (Å²) in [6, 6.07) is 16.0. The Labute approximate surface area is 183 Å². The van der Waals surface area contributed by atoms with Crippen LogP contribution in [0.5, 0.6) is 11.5 Å². The summed E-state index contributed by atoms with van der Waals surface area (Å²) in [5.41, 5.74) is 4.53. The van der Waals surface area contributed by atoms with Crippen molar-refractivity contribution in [1.29, 1.82) is 0 Å². The molecule has 0 unspecified atom stereocenters. The Hall–Kier alpha value is -2.00. The highest BCUT2D eigenvalue weighted by atomic mass is 16.5. The first kappa shape index (κ1) is 22.7. The molecule has 2 atom stereocenters. The van der Waals surface area contributed by atoms with E-state index < -0.39 is 0 Å². The van der Waals surface area contributed by atoms with Gasteiger partial charge in [-0.1, -0.05) is 51.1 Å². The Kier molecular flexibility index (Phi) is 7.46. The Morgan fingerprint density at radius 3 is 2.40 bits per heavy atom. The molecular formula is C27H39NO2. The molecule has 0 heterocycles. The average molecular weight is 410 g/mol. The van der Waals surface area contributed by atoms with Gasteiger partial charge in [0.05, 0.1) is 14.2 Å². The van der Waals surface area contributed by atoms with Gasteiger partial charge < -0.3 is 14.4 Å². The number of rotatable bonds is 9. The third-order valence-corrected chi connectivity index (χ3v) is 7.47. The van der Waals surface area contributed by atoms with Crippen molar-refractivity contribution in [2.24, 2.45) is 5.92 Å². The molecule has 0 saturated heterocycles. The molecule has 1 aliphatic rings. The molecule has 0 fully saturated rings. The van der Waals surface area contributed by atoms with Crippen LogP contribution in [0.1, 0.15) is 56.7 Å². The molecule has 2 aromatic carbocycles. The minimum absolute atomic E-state index is 0.111. The summed E-state index contributed by atoms with van der Waals surface area (Å²) < 4.78 is 11.0. The average Bonchev–Trinajstić information content (AvgIpc) is 2.77. The molecule has 0 saturated carbocycles. The number of hydrogen-bond acceptors (Lipinski definition) is 3. The van der Waals surface area contributed by atoms with E-state index in [-0.39, 0.29) is 5.41 Å². The fourth-order valence-corrected chi connectivity index (χ4v) is 4.89. The number of hydrogen-bond donors (Lipinski definition) is 0. The molecule has 0 aromatic heterocycles. The quantitative estimate of drug-likeness (QED) is 0.516. The topological polar surface area (TPSA) is 21.7 Å². The van der Waals surface area contributed by atoms with Crippen molar-refractivity contribution < 1.29 is 9.47 Å². The maximum Gasteiger partial charge on any atom is 0.161 e. The Morgan fingerprint density at radius 2 is 1.73 bits per heavy atom. The lowest BCUT2D eigenvalue weighted by Crippen LogP contribution is -2.38. The third kappa shape index (κ3) is 4.83. The van der Waals surface area contributed by atoms with Gasteiger partial charge in [-0.25, -0.2) is 0 Å². The van der Waals surface area contributed by atoms with Crippen LogP contribution in [0.25, 0.3) is 0 Å². The number of benzene rings is 2. The Morgan fingerprint density at radius 1 is 1.03 bits per heavy atom. The minimum atomic E-state index is 0.111. The van der Waals surface area contributed by atoms with Crippen molar-refractivity contribution in [1.82, 2.24) is 4.90 Å². The summed E-state index contributed by atoms with van der Waals surface area (Å²) in [4.78, 5) is 2.59. The van der Waals surface area contributed by atoms with Crippen molar-refractivity contribution in [3.8, 4) is 11.5 Å². The van der Waals surface area contributed by atoms with Gasteiger partial charge in [-0.05, 0) is 85.9 Å². The smallest absolute Gasteiger partial charge is 0.161 e. The highest BCUT2D eigenvalue weighted by Gasteiger charge is 2.31. The van der Waals surface area contributed by atoms with Crippen LogP contribution in [-0.4, -0.2) is 38.8 Å². The summed E-state index contributed by atoms with van der Waals surface area (Å²) in [6.07, 6.45) is 6.01. The van der Waals surface area contributed by atoms with Gasteiger partial charge in [0, 0.05) is 6.04 Å². The largest absolute Gasteiger partial charge is 0.493 e. The summed E-state index contributed by atoms with van der Waals surface area (Å²) in [6.45, 7) is 8.20. The fourth-order valence-electron chi connectivity index (χ4n) is 4.89. The van der Waals surface area contributed by atoms with Crippen LogP contribution in [0.2, 0.25) is 0 Å². The Balaban J connectivity index is 1.64. The van der Waals surface area contributed by atoms with E-state index in [0.29, 0.717) is 12.0 Å². The number of methoxy groups -OCH3 is 2. The number of likely N-dealkylation sites (N-methyl/N-ethyl adjacent to an activating group) is 1. The normalized spacial score (nSPS) is 18.2. The van der Waals surface area contributed by atoms with Gasteiger partial charge >= 0.3 is 0 Å². The molecule has 0 N–H and O–H groups in total. The van der Waals surface area contributed by atoms with E-state index in [0.717, 1.165) is 24.5 Å². The lowest BCUT2D eigenvalue weighted by Gasteiger charge is -2.37. The van der Waals surface area contributed by atoms with Crippen LogP contribution >= 0.6 is 0 Å². The second-order valence-corrected chi connectivity index (χ2v) is 9.39. The SMILES string of the molecule is COc1ccc([C@@](C)(CCCN(C)[C@H]2CCc3ccccc3C2)C(C)C)cc1OC. The maximum atomic E-state index is 5.57. The van der Waals surface area contributed by atoms with Gasteiger partial charge in [-0.3, -0.25) is 0 Å². The minimum Gasteiger partial charge on any atom is -0.493 e. The summed E-state index contributed by atoms with van der Waals surface area (Å²) in [5, 5.41) is 0. The zero-order valence-corrected chi connectivity index (χ0v) is 19.7. The van der Waals surface area contributed by atoms with Gasteiger partial charge in [0.15, 0.2) is 11.5 Å². The number of fused-ring (bicyclic) bond motifs is 1. The van der Waals surface area contributed by atoms with Gasteiger partial charge in [0.2, 0.25) is 0 Å². The molecule has 0 radical (unpaired) electrons. The molecule has 0 amide bonds. The van der Waals surface area contributed by atoms with E-state index >= 15 is 0 Å². The number of aryl methyl sites for hydroxylation is 1. The predicted molar refractivity (Wildman–Crippen MR) is 126 cm³/mol. The molecule has 3 nitrogen and oxygen atoms in total. The fraction of sp³-hybridized carbons (Fsp3) is 0.556. The molecule has 0 aliphatic heterocycles. The van der Waals surface area contributed by atoms with Crippen molar-refractivity contribution in [2.45, 2.75) is 64.3 Å². The standard InChI is InChI=1S/C27H39NO2/c1-20(2)27(3,23-13-15-25(29-5)26(19-23)30-6)16-9-17-28(4)24-14-12-21-10-7-8-11-22(21)18-24/h7-8,10-11,13,15,19-20,24H,9,12,14,16-18H2,1-6H3/t24-,27-/m0/s1. The van der Waals surface area contributed by atoms with E-state index in [1.54, 1.807) is 19.8 Å². The summed E-state index contributed by atoms with van der Waals surface area (Å²) in [5.74, 6) is 2.16. The molecule has 30 heavy (non-hydrogen) atoms. The molecule has 3 heteroatoms. The number of nitrogens with zero attached hydrogens (tertiary/aromatic N) is 1. The molecule has 3 rings (SSSR count). The molecule has 1 aliphatic carbocycles. The van der Waals surface area contributed by atoms with Crippen LogP contribution in [0, 0.1) is 5.92 Å². The van der Waals surface area contributed by atoms with E-state index in [1.807, 2.05) is 6.07 Å². The van der Waals surface area contributed by atoms with Crippen molar-refractivity contribution in [3.63, 3.8) is 0 Å². The lowest BCUT2D eigenvalue weighted by molar-refractivity contribution is 0.203. The van der Waals surface area contributed by atoms with E-state index in [1.165, 1.54) is 36.8 Å². The molecule has 0 bridgehead atoms. The van der Waals surface area contributed by atoms with Crippen molar-refractivity contribution in [2.75, 3.05) is 27.8 Å². The maximum absolute atomic E-state index is 5.57. The molecular weight excluding hydrogens is 370 g/mol.